The van der Waals surface area contributed by atoms with Crippen LogP contribution in [0.3, 0.4) is 0 Å². The molecule has 0 aromatic heterocycles. The molecule has 1 aliphatic rings. The number of carbonyl (C=O) groups excluding carboxylic acids is 2. The van der Waals surface area contributed by atoms with Crippen LogP contribution in [0.2, 0.25) is 0 Å². The van der Waals surface area contributed by atoms with E-state index in [1.807, 2.05) is 24.3 Å². The SMILES string of the molecule is CC(O)CNC(=O)c1cc2ccccc2cc1OCC(=O)NC1CC1. The Hall–Kier alpha value is -2.60. The first-order valence-electron chi connectivity index (χ1n) is 8.44. The number of fused-ring (bicyclic) bond motifs is 1. The van der Waals surface area contributed by atoms with E-state index in [1.54, 1.807) is 19.1 Å². The van der Waals surface area contributed by atoms with Gasteiger partial charge < -0.3 is 20.5 Å². The fourth-order valence-electron chi connectivity index (χ4n) is 2.49. The molecule has 1 saturated carbocycles. The summed E-state index contributed by atoms with van der Waals surface area (Å²) in [5, 5.41) is 16.7. The van der Waals surface area contributed by atoms with Crippen molar-refractivity contribution < 1.29 is 19.4 Å². The lowest BCUT2D eigenvalue weighted by Gasteiger charge is -2.14. The third kappa shape index (κ3) is 4.70. The van der Waals surface area contributed by atoms with Gasteiger partial charge in [0.2, 0.25) is 0 Å². The van der Waals surface area contributed by atoms with Crippen molar-refractivity contribution in [1.82, 2.24) is 10.6 Å². The van der Waals surface area contributed by atoms with Gasteiger partial charge in [0.25, 0.3) is 11.8 Å². The van der Waals surface area contributed by atoms with Crippen molar-refractivity contribution in [2.75, 3.05) is 13.2 Å². The van der Waals surface area contributed by atoms with Gasteiger partial charge in [-0.15, -0.1) is 0 Å². The maximum Gasteiger partial charge on any atom is 0.258 e. The standard InChI is InChI=1S/C19H22N2O4/c1-12(22)10-20-19(24)16-8-13-4-2-3-5-14(13)9-17(16)25-11-18(23)21-15-6-7-15/h2-5,8-9,12,15,22H,6-7,10-11H2,1H3,(H,20,24)(H,21,23). The summed E-state index contributed by atoms with van der Waals surface area (Å²) in [6, 6.07) is 11.4. The number of aliphatic hydroxyl groups excluding tert-OH is 1. The molecule has 25 heavy (non-hydrogen) atoms. The van der Waals surface area contributed by atoms with Crippen LogP contribution in [-0.2, 0) is 4.79 Å². The summed E-state index contributed by atoms with van der Waals surface area (Å²) in [5.74, 6) is -0.178. The van der Waals surface area contributed by atoms with Crippen LogP contribution in [0.4, 0.5) is 0 Å². The number of carbonyl (C=O) groups is 2. The molecule has 1 aliphatic carbocycles. The van der Waals surface area contributed by atoms with Gasteiger partial charge in [-0.25, -0.2) is 0 Å². The molecule has 0 radical (unpaired) electrons. The molecule has 132 valence electrons. The van der Waals surface area contributed by atoms with Gasteiger partial charge in [-0.1, -0.05) is 24.3 Å². The number of hydrogen-bond acceptors (Lipinski definition) is 4. The maximum atomic E-state index is 12.4. The molecule has 0 heterocycles. The fourth-order valence-corrected chi connectivity index (χ4v) is 2.49. The van der Waals surface area contributed by atoms with E-state index in [2.05, 4.69) is 10.6 Å². The van der Waals surface area contributed by atoms with Crippen molar-refractivity contribution in [3.05, 3.63) is 42.0 Å². The predicted octanol–water partition coefficient (Wildman–Crippen LogP) is 1.61. The molecule has 0 spiro atoms. The second-order valence-electron chi connectivity index (χ2n) is 6.39. The zero-order valence-electron chi connectivity index (χ0n) is 14.1. The Morgan fingerprint density at radius 1 is 1.24 bits per heavy atom. The monoisotopic (exact) mass is 342 g/mol. The van der Waals surface area contributed by atoms with Gasteiger partial charge >= 0.3 is 0 Å². The summed E-state index contributed by atoms with van der Waals surface area (Å²) < 4.78 is 5.63. The largest absolute Gasteiger partial charge is 0.483 e. The lowest BCUT2D eigenvalue weighted by molar-refractivity contribution is -0.123. The van der Waals surface area contributed by atoms with Crippen molar-refractivity contribution in [2.24, 2.45) is 0 Å². The Labute approximate surface area is 146 Å². The van der Waals surface area contributed by atoms with E-state index in [0.717, 1.165) is 23.6 Å². The summed E-state index contributed by atoms with van der Waals surface area (Å²) in [6.07, 6.45) is 1.38. The number of aliphatic hydroxyl groups is 1. The Morgan fingerprint density at radius 3 is 2.56 bits per heavy atom. The van der Waals surface area contributed by atoms with Crippen molar-refractivity contribution >= 4 is 22.6 Å². The second-order valence-corrected chi connectivity index (χ2v) is 6.39. The van der Waals surface area contributed by atoms with Gasteiger partial charge in [-0.2, -0.15) is 0 Å². The third-order valence-electron chi connectivity index (χ3n) is 3.95. The van der Waals surface area contributed by atoms with Gasteiger partial charge in [-0.3, -0.25) is 9.59 Å². The van der Waals surface area contributed by atoms with Crippen LogP contribution in [0, 0.1) is 0 Å². The van der Waals surface area contributed by atoms with Crippen LogP contribution in [0.25, 0.3) is 10.8 Å². The van der Waals surface area contributed by atoms with Crippen LogP contribution in [-0.4, -0.2) is 42.2 Å². The number of amides is 2. The zero-order valence-corrected chi connectivity index (χ0v) is 14.1. The minimum Gasteiger partial charge on any atom is -0.483 e. The van der Waals surface area contributed by atoms with E-state index in [4.69, 9.17) is 4.74 Å². The van der Waals surface area contributed by atoms with Crippen molar-refractivity contribution in [1.29, 1.82) is 0 Å². The van der Waals surface area contributed by atoms with Crippen LogP contribution in [0.5, 0.6) is 5.75 Å². The van der Waals surface area contributed by atoms with Crippen LogP contribution >= 0.6 is 0 Å². The van der Waals surface area contributed by atoms with Crippen molar-refractivity contribution in [3.8, 4) is 5.75 Å². The Kier molecular flexibility index (Phi) is 5.19. The minimum absolute atomic E-state index is 0.133. The highest BCUT2D eigenvalue weighted by molar-refractivity contribution is 6.01. The minimum atomic E-state index is -0.641. The van der Waals surface area contributed by atoms with Crippen LogP contribution in [0.15, 0.2) is 36.4 Å². The Morgan fingerprint density at radius 2 is 1.92 bits per heavy atom. The third-order valence-corrected chi connectivity index (χ3v) is 3.95. The highest BCUT2D eigenvalue weighted by Gasteiger charge is 2.23. The van der Waals surface area contributed by atoms with E-state index in [1.165, 1.54) is 0 Å². The molecule has 1 fully saturated rings. The highest BCUT2D eigenvalue weighted by atomic mass is 16.5. The van der Waals surface area contributed by atoms with E-state index in [0.29, 0.717) is 11.3 Å². The number of benzene rings is 2. The fraction of sp³-hybridized carbons (Fsp3) is 0.368. The van der Waals surface area contributed by atoms with Crippen LogP contribution < -0.4 is 15.4 Å². The maximum absolute atomic E-state index is 12.4. The molecular weight excluding hydrogens is 320 g/mol. The Bertz CT molecular complexity index is 784. The molecule has 2 amide bonds. The predicted molar refractivity (Wildman–Crippen MR) is 94.6 cm³/mol. The Balaban J connectivity index is 1.80. The molecule has 0 saturated heterocycles. The van der Waals surface area contributed by atoms with Gasteiger partial charge in [0.1, 0.15) is 5.75 Å². The summed E-state index contributed by atoms with van der Waals surface area (Å²) >= 11 is 0. The molecule has 2 aromatic rings. The molecule has 2 aromatic carbocycles. The molecule has 1 unspecified atom stereocenters. The lowest BCUT2D eigenvalue weighted by atomic mass is 10.1. The molecule has 6 heteroatoms. The number of ether oxygens (including phenoxy) is 1. The van der Waals surface area contributed by atoms with Gasteiger partial charge in [0, 0.05) is 12.6 Å². The van der Waals surface area contributed by atoms with E-state index in [9.17, 15) is 14.7 Å². The zero-order chi connectivity index (χ0) is 17.8. The van der Waals surface area contributed by atoms with E-state index < -0.39 is 6.10 Å². The van der Waals surface area contributed by atoms with Crippen LogP contribution in [0.1, 0.15) is 30.1 Å². The quantitative estimate of drug-likeness (QED) is 0.713. The molecule has 0 bridgehead atoms. The molecular formula is C19H22N2O4. The van der Waals surface area contributed by atoms with Crippen molar-refractivity contribution in [3.63, 3.8) is 0 Å². The number of nitrogens with one attached hydrogen (secondary N) is 2. The first-order chi connectivity index (χ1) is 12.0. The summed E-state index contributed by atoms with van der Waals surface area (Å²) in [5.41, 5.74) is 0.346. The number of rotatable bonds is 7. The summed E-state index contributed by atoms with van der Waals surface area (Å²) in [4.78, 5) is 24.3. The second kappa shape index (κ2) is 7.53. The average Bonchev–Trinajstić information content (AvgIpc) is 3.40. The van der Waals surface area contributed by atoms with Crippen molar-refractivity contribution in [2.45, 2.75) is 31.9 Å². The first-order valence-corrected chi connectivity index (χ1v) is 8.44. The molecule has 6 nitrogen and oxygen atoms in total. The summed E-state index contributed by atoms with van der Waals surface area (Å²) in [6.45, 7) is 1.61. The molecule has 3 N–H and O–H groups in total. The smallest absolute Gasteiger partial charge is 0.258 e. The van der Waals surface area contributed by atoms with Gasteiger partial charge in [0.15, 0.2) is 6.61 Å². The van der Waals surface area contributed by atoms with E-state index in [-0.39, 0.29) is 31.0 Å². The lowest BCUT2D eigenvalue weighted by Crippen LogP contribution is -2.32. The molecule has 1 atom stereocenters. The first kappa shape index (κ1) is 17.2. The number of hydrogen-bond donors (Lipinski definition) is 3. The topological polar surface area (TPSA) is 87.7 Å². The highest BCUT2D eigenvalue weighted by Crippen LogP contribution is 2.26. The van der Waals surface area contributed by atoms with Gasteiger partial charge in [-0.05, 0) is 42.7 Å². The summed E-state index contributed by atoms with van der Waals surface area (Å²) in [7, 11) is 0. The molecule has 0 aliphatic heterocycles. The van der Waals surface area contributed by atoms with Gasteiger partial charge in [0.05, 0.1) is 11.7 Å². The van der Waals surface area contributed by atoms with E-state index >= 15 is 0 Å². The average molecular weight is 342 g/mol. The molecule has 3 rings (SSSR count). The normalized spacial score (nSPS) is 14.8.